The fourth-order valence-electron chi connectivity index (χ4n) is 4.52. The third-order valence-electron chi connectivity index (χ3n) is 5.50. The molecule has 106 valence electrons. The van der Waals surface area contributed by atoms with Gasteiger partial charge in [0.25, 0.3) is 0 Å². The molecule has 0 amide bonds. The molecule has 21 heavy (non-hydrogen) atoms. The lowest BCUT2D eigenvalue weighted by atomic mass is 9.82. The smallest absolute Gasteiger partial charge is 0.184 e. The number of rotatable bonds is 0. The van der Waals surface area contributed by atoms with Gasteiger partial charge in [-0.2, -0.15) is 0 Å². The van der Waals surface area contributed by atoms with Gasteiger partial charge in [0.2, 0.25) is 0 Å². The van der Waals surface area contributed by atoms with E-state index in [0.717, 1.165) is 0 Å². The van der Waals surface area contributed by atoms with E-state index >= 15 is 0 Å². The summed E-state index contributed by atoms with van der Waals surface area (Å²) in [7, 11) is 0. The Morgan fingerprint density at radius 3 is 3.00 bits per heavy atom. The maximum absolute atomic E-state index is 2.69. The number of nitrogens with zero attached hydrogens (tertiary/aromatic N) is 1. The van der Waals surface area contributed by atoms with Gasteiger partial charge in [-0.1, -0.05) is 24.3 Å². The molecule has 1 aromatic heterocycles. The number of fused-ring (bicyclic) bond motifs is 3. The molecule has 1 unspecified atom stereocenters. The van der Waals surface area contributed by atoms with Crippen LogP contribution < -0.4 is 0 Å². The molecule has 2 aliphatic heterocycles. The predicted molar refractivity (Wildman–Crippen MR) is 88.0 cm³/mol. The van der Waals surface area contributed by atoms with Crippen molar-refractivity contribution < 1.29 is 4.58 Å². The van der Waals surface area contributed by atoms with Gasteiger partial charge in [-0.05, 0) is 36.0 Å². The molecule has 0 N–H and O–H groups in total. The number of aryl methyl sites for hydroxylation is 2. The lowest BCUT2D eigenvalue weighted by molar-refractivity contribution is -0.536. The van der Waals surface area contributed by atoms with Crippen molar-refractivity contribution in [3.63, 3.8) is 0 Å². The summed E-state index contributed by atoms with van der Waals surface area (Å²) < 4.78 is 2.69. The van der Waals surface area contributed by atoms with Crippen LogP contribution in [0.15, 0.2) is 29.6 Å². The van der Waals surface area contributed by atoms with Crippen molar-refractivity contribution >= 4 is 17.0 Å². The van der Waals surface area contributed by atoms with E-state index in [9.17, 15) is 0 Å². The van der Waals surface area contributed by atoms with E-state index in [1.165, 1.54) is 45.2 Å². The molecule has 5 rings (SSSR count). The highest BCUT2D eigenvalue weighted by atomic mass is 32.1. The monoisotopic (exact) mass is 294 g/mol. The number of hydrogen-bond donors (Lipinski definition) is 0. The topological polar surface area (TPSA) is 3.01 Å². The van der Waals surface area contributed by atoms with Crippen LogP contribution in [-0.2, 0) is 12.8 Å². The third-order valence-corrected chi connectivity index (χ3v) is 6.56. The summed E-state index contributed by atoms with van der Waals surface area (Å²) in [5.41, 5.74) is 8.12. The zero-order valence-corrected chi connectivity index (χ0v) is 13.1. The highest BCUT2D eigenvalue weighted by Crippen LogP contribution is 2.42. The van der Waals surface area contributed by atoms with E-state index in [-0.39, 0.29) is 0 Å². The molecule has 3 aliphatic rings. The lowest BCUT2D eigenvalue weighted by Gasteiger charge is -2.27. The van der Waals surface area contributed by atoms with Crippen molar-refractivity contribution in [1.82, 2.24) is 0 Å². The summed E-state index contributed by atoms with van der Waals surface area (Å²) in [6.07, 6.45) is 6.48. The summed E-state index contributed by atoms with van der Waals surface area (Å²) >= 11 is 2.01. The van der Waals surface area contributed by atoms with Crippen molar-refractivity contribution in [2.75, 3.05) is 13.1 Å². The Hall–Kier alpha value is -1.41. The second-order valence-corrected chi connectivity index (χ2v) is 7.55. The molecule has 1 nitrogen and oxygen atoms in total. The van der Waals surface area contributed by atoms with Crippen molar-refractivity contribution in [2.24, 2.45) is 0 Å². The van der Waals surface area contributed by atoms with Gasteiger partial charge in [-0.15, -0.1) is 11.3 Å². The summed E-state index contributed by atoms with van der Waals surface area (Å²) in [4.78, 5) is 1.66. The lowest BCUT2D eigenvalue weighted by Crippen LogP contribution is -2.36. The minimum absolute atomic E-state index is 0.613. The first kappa shape index (κ1) is 12.2. The van der Waals surface area contributed by atoms with Gasteiger partial charge in [0.1, 0.15) is 6.54 Å². The van der Waals surface area contributed by atoms with E-state index in [1.54, 1.807) is 32.8 Å². The second kappa shape index (κ2) is 4.54. The molecule has 1 aromatic carbocycles. The first-order valence-corrected chi connectivity index (χ1v) is 9.09. The fraction of sp³-hybridized carbons (Fsp3) is 0.421. The van der Waals surface area contributed by atoms with E-state index < -0.39 is 0 Å². The van der Waals surface area contributed by atoms with E-state index in [1.807, 2.05) is 11.3 Å². The third kappa shape index (κ3) is 1.72. The predicted octanol–water partition coefficient (Wildman–Crippen LogP) is 3.98. The minimum Gasteiger partial charge on any atom is -0.232 e. The van der Waals surface area contributed by atoms with Gasteiger partial charge in [-0.3, -0.25) is 0 Å². The van der Waals surface area contributed by atoms with Crippen LogP contribution >= 0.6 is 11.3 Å². The van der Waals surface area contributed by atoms with E-state index in [4.69, 9.17) is 0 Å². The Morgan fingerprint density at radius 2 is 2.00 bits per heavy atom. The Kier molecular flexibility index (Phi) is 2.63. The average molecular weight is 294 g/mol. The number of thiophene rings is 1. The summed E-state index contributed by atoms with van der Waals surface area (Å²) in [6, 6.07) is 9.16. The van der Waals surface area contributed by atoms with Gasteiger partial charge in [0.15, 0.2) is 12.3 Å². The van der Waals surface area contributed by atoms with Crippen molar-refractivity contribution in [2.45, 2.75) is 38.0 Å². The Balaban J connectivity index is 1.76. The highest BCUT2D eigenvalue weighted by Gasteiger charge is 2.39. The van der Waals surface area contributed by atoms with Crippen molar-refractivity contribution in [3.8, 4) is 0 Å². The maximum Gasteiger partial charge on any atom is 0.184 e. The SMILES string of the molecule is c1ccc2c(c1)CCc1scc3c1C2C[N+]1=C3CCCC1. The molecule has 3 heterocycles. The maximum atomic E-state index is 2.69. The first-order chi connectivity index (χ1) is 10.4. The zero-order chi connectivity index (χ0) is 13.8. The molecule has 2 heteroatoms. The molecule has 0 spiro atoms. The molecular formula is C19H20NS+. The molecule has 0 bridgehead atoms. The normalized spacial score (nSPS) is 23.1. The number of benzene rings is 1. The van der Waals surface area contributed by atoms with Gasteiger partial charge in [-0.25, -0.2) is 4.58 Å². The fourth-order valence-corrected chi connectivity index (χ4v) is 5.64. The Morgan fingerprint density at radius 1 is 1.05 bits per heavy atom. The molecule has 0 radical (unpaired) electrons. The largest absolute Gasteiger partial charge is 0.232 e. The van der Waals surface area contributed by atoms with Crippen LogP contribution in [0.2, 0.25) is 0 Å². The molecule has 0 saturated heterocycles. The summed E-state index contributed by atoms with van der Waals surface area (Å²) in [5, 5.41) is 2.46. The van der Waals surface area contributed by atoms with Crippen molar-refractivity contribution in [3.05, 3.63) is 56.8 Å². The minimum atomic E-state index is 0.613. The quantitative estimate of drug-likeness (QED) is 0.647. The van der Waals surface area contributed by atoms with E-state index in [2.05, 4.69) is 34.2 Å². The average Bonchev–Trinajstić information content (AvgIpc) is 2.90. The molecule has 0 fully saturated rings. The van der Waals surface area contributed by atoms with E-state index in [0.29, 0.717) is 5.92 Å². The molecule has 2 aromatic rings. The van der Waals surface area contributed by atoms with Crippen LogP contribution in [0.4, 0.5) is 0 Å². The van der Waals surface area contributed by atoms with Gasteiger partial charge in [0.05, 0.1) is 11.5 Å². The molecule has 0 saturated carbocycles. The Labute approximate surface area is 130 Å². The molecule has 1 atom stereocenters. The second-order valence-electron chi connectivity index (χ2n) is 6.59. The summed E-state index contributed by atoms with van der Waals surface area (Å²) in [6.45, 7) is 2.47. The zero-order valence-electron chi connectivity index (χ0n) is 12.3. The Bertz CT molecular complexity index is 753. The van der Waals surface area contributed by atoms with Gasteiger partial charge in [0, 0.05) is 23.1 Å². The van der Waals surface area contributed by atoms with Crippen LogP contribution in [0.1, 0.15) is 52.3 Å². The summed E-state index contributed by atoms with van der Waals surface area (Å²) in [5.74, 6) is 0.613. The first-order valence-electron chi connectivity index (χ1n) is 8.21. The highest BCUT2D eigenvalue weighted by molar-refractivity contribution is 7.10. The molecular weight excluding hydrogens is 274 g/mol. The van der Waals surface area contributed by atoms with Crippen LogP contribution in [0, 0.1) is 0 Å². The van der Waals surface area contributed by atoms with Gasteiger partial charge < -0.3 is 0 Å². The van der Waals surface area contributed by atoms with Crippen LogP contribution in [-0.4, -0.2) is 23.4 Å². The molecule has 1 aliphatic carbocycles. The van der Waals surface area contributed by atoms with Crippen LogP contribution in [0.3, 0.4) is 0 Å². The van der Waals surface area contributed by atoms with Crippen LogP contribution in [0.25, 0.3) is 0 Å². The standard InChI is InChI=1S/C19H20NS/c1-2-6-14-13(5-1)8-9-18-19-15(14)11-20-10-4-3-7-17(20)16(19)12-21-18/h1-2,5-6,12,15H,3-4,7-11H2/q+1. The van der Waals surface area contributed by atoms with Crippen LogP contribution in [0.5, 0.6) is 0 Å². The number of hydrogen-bond acceptors (Lipinski definition) is 1. The van der Waals surface area contributed by atoms with Crippen molar-refractivity contribution in [1.29, 1.82) is 0 Å². The van der Waals surface area contributed by atoms with Gasteiger partial charge >= 0.3 is 0 Å².